The Balaban J connectivity index is 1.62. The van der Waals surface area contributed by atoms with Crippen LogP contribution in [0.3, 0.4) is 0 Å². The van der Waals surface area contributed by atoms with E-state index in [0.717, 1.165) is 24.3 Å². The van der Waals surface area contributed by atoms with E-state index < -0.39 is 5.91 Å². The summed E-state index contributed by atoms with van der Waals surface area (Å²) in [6.07, 6.45) is 0. The lowest BCUT2D eigenvalue weighted by molar-refractivity contribution is 0.0997. The van der Waals surface area contributed by atoms with Crippen molar-refractivity contribution in [2.45, 2.75) is 6.92 Å². The van der Waals surface area contributed by atoms with Gasteiger partial charge in [-0.05, 0) is 60.5 Å². The van der Waals surface area contributed by atoms with E-state index in [1.165, 1.54) is 6.07 Å². The third-order valence-corrected chi connectivity index (χ3v) is 5.56. The minimum Gasteiger partial charge on any atom is -0.507 e. The summed E-state index contributed by atoms with van der Waals surface area (Å²) < 4.78 is 5.40. The van der Waals surface area contributed by atoms with Crippen molar-refractivity contribution in [2.24, 2.45) is 5.73 Å². The zero-order chi connectivity index (χ0) is 22.7. The van der Waals surface area contributed by atoms with Gasteiger partial charge in [0.25, 0.3) is 5.91 Å². The third-order valence-electron chi connectivity index (χ3n) is 5.56. The van der Waals surface area contributed by atoms with Gasteiger partial charge in [0.05, 0.1) is 18.8 Å². The lowest BCUT2D eigenvalue weighted by Crippen LogP contribution is -2.36. The monoisotopic (exact) mass is 431 g/mol. The van der Waals surface area contributed by atoms with E-state index in [4.69, 9.17) is 10.5 Å². The Hall–Kier alpha value is -3.84. The molecule has 0 aromatic heterocycles. The number of aromatic hydroxyl groups is 1. The molecule has 0 unspecified atom stereocenters. The predicted molar refractivity (Wildman–Crippen MR) is 124 cm³/mol. The Morgan fingerprint density at radius 2 is 1.78 bits per heavy atom. The largest absolute Gasteiger partial charge is 0.507 e. The summed E-state index contributed by atoms with van der Waals surface area (Å²) in [5, 5.41) is 13.3. The maximum Gasteiger partial charge on any atom is 0.255 e. The number of aryl methyl sites for hydroxylation is 1. The van der Waals surface area contributed by atoms with E-state index in [2.05, 4.69) is 10.2 Å². The molecule has 1 fully saturated rings. The molecule has 0 atom stereocenters. The van der Waals surface area contributed by atoms with Crippen LogP contribution in [0.5, 0.6) is 5.75 Å². The number of primary amides is 1. The summed E-state index contributed by atoms with van der Waals surface area (Å²) >= 11 is 0. The van der Waals surface area contributed by atoms with E-state index in [-0.39, 0.29) is 17.2 Å². The number of benzene rings is 3. The molecule has 0 bridgehead atoms. The fourth-order valence-corrected chi connectivity index (χ4v) is 3.87. The zero-order valence-electron chi connectivity index (χ0n) is 17.8. The quantitative estimate of drug-likeness (QED) is 0.573. The van der Waals surface area contributed by atoms with Gasteiger partial charge in [0, 0.05) is 35.6 Å². The Bertz CT molecular complexity index is 1170. The summed E-state index contributed by atoms with van der Waals surface area (Å²) in [5.74, 6) is -0.932. The molecule has 0 saturated carbocycles. The number of rotatable bonds is 5. The first-order valence-electron chi connectivity index (χ1n) is 10.4. The lowest BCUT2D eigenvalue weighted by atomic mass is 9.94. The van der Waals surface area contributed by atoms with Gasteiger partial charge in [0.15, 0.2) is 0 Å². The maximum absolute atomic E-state index is 12.9. The van der Waals surface area contributed by atoms with Crippen LogP contribution in [0.2, 0.25) is 0 Å². The number of carbonyl (C=O) groups excluding carboxylic acids is 2. The number of hydrogen-bond acceptors (Lipinski definition) is 5. The molecule has 1 saturated heterocycles. The fourth-order valence-electron chi connectivity index (χ4n) is 3.87. The van der Waals surface area contributed by atoms with Gasteiger partial charge in [-0.25, -0.2) is 0 Å². The maximum atomic E-state index is 12.9. The molecule has 164 valence electrons. The van der Waals surface area contributed by atoms with Gasteiger partial charge in [0.2, 0.25) is 5.91 Å². The van der Waals surface area contributed by atoms with Crippen molar-refractivity contribution < 1.29 is 19.4 Å². The molecular weight excluding hydrogens is 406 g/mol. The average molecular weight is 431 g/mol. The van der Waals surface area contributed by atoms with Gasteiger partial charge >= 0.3 is 0 Å². The van der Waals surface area contributed by atoms with Crippen molar-refractivity contribution in [3.05, 3.63) is 77.4 Å². The molecule has 1 aliphatic rings. The summed E-state index contributed by atoms with van der Waals surface area (Å²) in [7, 11) is 0. The van der Waals surface area contributed by atoms with Crippen molar-refractivity contribution in [1.29, 1.82) is 0 Å². The van der Waals surface area contributed by atoms with Crippen LogP contribution in [0, 0.1) is 6.92 Å². The highest BCUT2D eigenvalue weighted by Gasteiger charge is 2.18. The number of carbonyl (C=O) groups is 2. The topological polar surface area (TPSA) is 105 Å². The summed E-state index contributed by atoms with van der Waals surface area (Å²) in [6, 6.07) is 17.5. The summed E-state index contributed by atoms with van der Waals surface area (Å²) in [4.78, 5) is 27.0. The van der Waals surface area contributed by atoms with Gasteiger partial charge in [-0.2, -0.15) is 0 Å². The SMILES string of the molecule is Cc1ccc(NC(=O)c2cccc(N3CCOCC3)c2)cc1-c1c(O)cccc1C(N)=O. The van der Waals surface area contributed by atoms with E-state index >= 15 is 0 Å². The van der Waals surface area contributed by atoms with Crippen molar-refractivity contribution >= 4 is 23.2 Å². The van der Waals surface area contributed by atoms with Crippen molar-refractivity contribution in [2.75, 3.05) is 36.5 Å². The van der Waals surface area contributed by atoms with Gasteiger partial charge in [-0.1, -0.05) is 18.2 Å². The van der Waals surface area contributed by atoms with Crippen LogP contribution in [0.25, 0.3) is 11.1 Å². The van der Waals surface area contributed by atoms with E-state index in [1.807, 2.05) is 31.2 Å². The number of amides is 2. The zero-order valence-corrected chi connectivity index (χ0v) is 17.8. The number of ether oxygens (including phenoxy) is 1. The van der Waals surface area contributed by atoms with E-state index in [1.54, 1.807) is 30.3 Å². The van der Waals surface area contributed by atoms with Gasteiger partial charge < -0.3 is 25.8 Å². The second kappa shape index (κ2) is 9.11. The van der Waals surface area contributed by atoms with E-state index in [9.17, 15) is 14.7 Å². The first-order valence-corrected chi connectivity index (χ1v) is 10.4. The molecule has 4 rings (SSSR count). The first kappa shape index (κ1) is 21.4. The summed E-state index contributed by atoms with van der Waals surface area (Å²) in [6.45, 7) is 4.78. The molecule has 0 spiro atoms. The summed E-state index contributed by atoms with van der Waals surface area (Å²) in [5.41, 5.74) is 9.60. The number of hydrogen-bond donors (Lipinski definition) is 3. The smallest absolute Gasteiger partial charge is 0.255 e. The number of nitrogens with one attached hydrogen (secondary N) is 1. The van der Waals surface area contributed by atoms with Crippen molar-refractivity contribution in [3.8, 4) is 16.9 Å². The second-order valence-electron chi connectivity index (χ2n) is 7.70. The predicted octanol–water partition coefficient (Wildman–Crippen LogP) is 3.56. The Kier molecular flexibility index (Phi) is 6.09. The van der Waals surface area contributed by atoms with Crippen LogP contribution >= 0.6 is 0 Å². The average Bonchev–Trinajstić information content (AvgIpc) is 2.81. The molecule has 0 radical (unpaired) electrons. The van der Waals surface area contributed by atoms with Crippen LogP contribution < -0.4 is 16.0 Å². The first-order chi connectivity index (χ1) is 15.4. The molecule has 1 aliphatic heterocycles. The Morgan fingerprint density at radius 1 is 1.03 bits per heavy atom. The van der Waals surface area contributed by atoms with Crippen molar-refractivity contribution in [3.63, 3.8) is 0 Å². The number of anilines is 2. The molecule has 7 heteroatoms. The Labute approximate surface area is 186 Å². The number of nitrogens with zero attached hydrogens (tertiary/aromatic N) is 1. The van der Waals surface area contributed by atoms with Gasteiger partial charge in [0.1, 0.15) is 5.75 Å². The molecule has 0 aliphatic carbocycles. The molecular formula is C25H25N3O4. The van der Waals surface area contributed by atoms with Gasteiger partial charge in [-0.15, -0.1) is 0 Å². The molecule has 7 nitrogen and oxygen atoms in total. The van der Waals surface area contributed by atoms with Gasteiger partial charge in [-0.3, -0.25) is 9.59 Å². The highest BCUT2D eigenvalue weighted by Crippen LogP contribution is 2.36. The highest BCUT2D eigenvalue weighted by atomic mass is 16.5. The lowest BCUT2D eigenvalue weighted by Gasteiger charge is -2.29. The van der Waals surface area contributed by atoms with Crippen LogP contribution in [0.1, 0.15) is 26.3 Å². The van der Waals surface area contributed by atoms with Crippen LogP contribution in [0.15, 0.2) is 60.7 Å². The molecule has 4 N–H and O–H groups in total. The highest BCUT2D eigenvalue weighted by molar-refractivity contribution is 6.06. The molecule has 3 aromatic carbocycles. The van der Waals surface area contributed by atoms with E-state index in [0.29, 0.717) is 35.6 Å². The third kappa shape index (κ3) is 4.43. The van der Waals surface area contributed by atoms with Crippen LogP contribution in [-0.4, -0.2) is 43.2 Å². The van der Waals surface area contributed by atoms with Crippen molar-refractivity contribution in [1.82, 2.24) is 0 Å². The fraction of sp³-hybridized carbons (Fsp3) is 0.200. The molecule has 32 heavy (non-hydrogen) atoms. The minimum absolute atomic E-state index is 0.0499. The normalized spacial score (nSPS) is 13.6. The number of morpholine rings is 1. The minimum atomic E-state index is -0.635. The Morgan fingerprint density at radius 3 is 2.53 bits per heavy atom. The standard InChI is InChI=1S/C25H25N3O4/c1-16-8-9-18(15-21(16)23-20(24(26)30)6-3-7-22(23)29)27-25(31)17-4-2-5-19(14-17)28-10-12-32-13-11-28/h2-9,14-15,29H,10-13H2,1H3,(H2,26,30)(H,27,31). The molecule has 1 heterocycles. The number of phenols is 1. The second-order valence-corrected chi connectivity index (χ2v) is 7.70. The molecule has 2 amide bonds. The number of nitrogens with two attached hydrogens (primary N) is 1. The molecule has 3 aromatic rings. The number of phenolic OH excluding ortho intramolecular Hbond substituents is 1. The van der Waals surface area contributed by atoms with Crippen LogP contribution in [-0.2, 0) is 4.74 Å². The van der Waals surface area contributed by atoms with Crippen LogP contribution in [0.4, 0.5) is 11.4 Å².